The van der Waals surface area contributed by atoms with Crippen LogP contribution in [-0.2, 0) is 0 Å². The highest BCUT2D eigenvalue weighted by Crippen LogP contribution is 2.47. The van der Waals surface area contributed by atoms with Gasteiger partial charge < -0.3 is 14.1 Å². The molecule has 0 amide bonds. The molecule has 1 aromatic heterocycles. The van der Waals surface area contributed by atoms with Gasteiger partial charge in [0.2, 0.25) is 0 Å². The van der Waals surface area contributed by atoms with Gasteiger partial charge in [-0.1, -0.05) is 146 Å². The molecule has 0 saturated heterocycles. The summed E-state index contributed by atoms with van der Waals surface area (Å²) in [5.41, 5.74) is 14.5. The largest absolute Gasteiger partial charge is 0.484 e. The van der Waals surface area contributed by atoms with Crippen molar-refractivity contribution in [3.8, 4) is 39.1 Å². The van der Waals surface area contributed by atoms with Gasteiger partial charge in [0.25, 0.3) is 0 Å². The normalized spacial score (nSPS) is 14.5. The van der Waals surface area contributed by atoms with E-state index in [0.717, 1.165) is 56.9 Å². The van der Waals surface area contributed by atoms with Gasteiger partial charge in [0.1, 0.15) is 23.0 Å². The van der Waals surface area contributed by atoms with Crippen LogP contribution in [0.3, 0.4) is 0 Å². The smallest absolute Gasteiger partial charge is 0.136 e. The van der Waals surface area contributed by atoms with Crippen LogP contribution < -0.4 is 9.64 Å². The summed E-state index contributed by atoms with van der Waals surface area (Å²) in [5, 5.41) is 4.72. The molecule has 9 aromatic rings. The molecule has 260 valence electrons. The lowest BCUT2D eigenvalue weighted by atomic mass is 9.94. The first-order chi connectivity index (χ1) is 27.3. The van der Waals surface area contributed by atoms with Crippen LogP contribution in [-0.4, -0.2) is 6.10 Å². The van der Waals surface area contributed by atoms with Gasteiger partial charge >= 0.3 is 0 Å². The third kappa shape index (κ3) is 5.27. The number of allylic oxidation sites excluding steroid dienone is 2. The van der Waals surface area contributed by atoms with Gasteiger partial charge in [0.15, 0.2) is 0 Å². The van der Waals surface area contributed by atoms with E-state index in [0.29, 0.717) is 0 Å². The molecule has 2 heterocycles. The maximum atomic E-state index is 6.55. The van der Waals surface area contributed by atoms with E-state index in [1.165, 1.54) is 49.5 Å². The maximum Gasteiger partial charge on any atom is 0.136 e. The quantitative estimate of drug-likeness (QED) is 0.172. The third-order valence-corrected chi connectivity index (χ3v) is 11.2. The number of furan rings is 1. The Labute approximate surface area is 319 Å². The predicted molar refractivity (Wildman–Crippen MR) is 228 cm³/mol. The Morgan fingerprint density at radius 1 is 0.491 bits per heavy atom. The molecule has 1 atom stereocenters. The van der Waals surface area contributed by atoms with E-state index in [1.807, 2.05) is 12.1 Å². The van der Waals surface area contributed by atoms with E-state index >= 15 is 0 Å². The van der Waals surface area contributed by atoms with Crippen molar-refractivity contribution in [3.63, 3.8) is 0 Å². The highest BCUT2D eigenvalue weighted by atomic mass is 16.5. The molecule has 0 bridgehead atoms. The number of hydrogen-bond acceptors (Lipinski definition) is 3. The van der Waals surface area contributed by atoms with E-state index in [1.54, 1.807) is 0 Å². The van der Waals surface area contributed by atoms with E-state index in [2.05, 4.69) is 187 Å². The molecule has 0 saturated carbocycles. The lowest BCUT2D eigenvalue weighted by molar-refractivity contribution is 0.280. The van der Waals surface area contributed by atoms with Crippen LogP contribution in [0, 0.1) is 0 Å². The number of fused-ring (bicyclic) bond motifs is 8. The van der Waals surface area contributed by atoms with Crippen molar-refractivity contribution in [2.24, 2.45) is 0 Å². The number of nitrogens with zero attached hydrogens (tertiary/aromatic N) is 1. The molecule has 3 nitrogen and oxygen atoms in total. The molecule has 0 N–H and O–H groups in total. The summed E-state index contributed by atoms with van der Waals surface area (Å²) in [6.45, 7) is 0. The van der Waals surface area contributed by atoms with Crippen LogP contribution in [0.1, 0.15) is 12.0 Å². The molecule has 8 aromatic carbocycles. The van der Waals surface area contributed by atoms with Crippen LogP contribution in [0.15, 0.2) is 199 Å². The molecule has 0 fully saturated rings. The molecule has 1 unspecified atom stereocenters. The topological polar surface area (TPSA) is 25.6 Å². The number of hydrogen-bond donors (Lipinski definition) is 0. The molecule has 1 aliphatic carbocycles. The highest BCUT2D eigenvalue weighted by Gasteiger charge is 2.31. The van der Waals surface area contributed by atoms with Crippen molar-refractivity contribution < 1.29 is 9.15 Å². The number of ether oxygens (including phenoxy) is 1. The zero-order valence-corrected chi connectivity index (χ0v) is 30.0. The fraction of sp³-hybridized carbons (Fsp3) is 0.0385. The van der Waals surface area contributed by atoms with Gasteiger partial charge in [-0.05, 0) is 81.6 Å². The second-order valence-electron chi connectivity index (χ2n) is 14.4. The first-order valence-corrected chi connectivity index (χ1v) is 18.9. The monoisotopic (exact) mass is 705 g/mol. The Hall–Kier alpha value is -7.10. The standard InChI is InChI=1S/C52H35NO2/c1-2-11-35(12-3-1)41-13-4-7-18-47(41)53(40-29-23-36(24-30-40)43-16-10-17-45-44-14-5-8-19-48(44)55-52(43)45)39-27-21-34(22-28-39)37-25-31-42-38(33-37)26-32-50-51(42)46-15-6-9-20-49(46)54-50/h1-18,20-33,48H,19H2. The van der Waals surface area contributed by atoms with Crippen LogP contribution in [0.4, 0.5) is 17.1 Å². The molecule has 55 heavy (non-hydrogen) atoms. The SMILES string of the molecule is C1=CCC2Oc3c(cccc3-c3ccc(N(c4ccc(-c5ccc6c(ccc7oc8ccccc8c76)c5)cc4)c4ccccc4-c4ccccc4)cc3)C2=C1. The van der Waals surface area contributed by atoms with E-state index in [9.17, 15) is 0 Å². The average Bonchev–Trinajstić information content (AvgIpc) is 3.84. The zero-order chi connectivity index (χ0) is 36.3. The lowest BCUT2D eigenvalue weighted by Gasteiger charge is -2.28. The lowest BCUT2D eigenvalue weighted by Crippen LogP contribution is -2.12. The molecule has 0 radical (unpaired) electrons. The minimum Gasteiger partial charge on any atom is -0.484 e. The Morgan fingerprint density at radius 3 is 2.04 bits per heavy atom. The van der Waals surface area contributed by atoms with Gasteiger partial charge in [0.05, 0.1) is 5.69 Å². The fourth-order valence-electron chi connectivity index (χ4n) is 8.53. The zero-order valence-electron chi connectivity index (χ0n) is 30.0. The van der Waals surface area contributed by atoms with Crippen LogP contribution in [0.25, 0.3) is 71.7 Å². The highest BCUT2D eigenvalue weighted by molar-refractivity contribution is 6.19. The molecule has 2 aliphatic rings. The minimum atomic E-state index is 0.0933. The summed E-state index contributed by atoms with van der Waals surface area (Å²) in [5.74, 6) is 0.980. The number of benzene rings is 8. The summed E-state index contributed by atoms with van der Waals surface area (Å²) >= 11 is 0. The molecule has 1 aliphatic heterocycles. The number of para-hydroxylation sites is 3. The number of rotatable bonds is 6. The predicted octanol–water partition coefficient (Wildman–Crippen LogP) is 14.3. The Bertz CT molecular complexity index is 2970. The maximum absolute atomic E-state index is 6.55. The summed E-state index contributed by atoms with van der Waals surface area (Å²) in [6.07, 6.45) is 7.52. The Morgan fingerprint density at radius 2 is 1.18 bits per heavy atom. The van der Waals surface area contributed by atoms with Crippen molar-refractivity contribution >= 4 is 55.3 Å². The van der Waals surface area contributed by atoms with Crippen LogP contribution in [0.2, 0.25) is 0 Å². The van der Waals surface area contributed by atoms with Crippen molar-refractivity contribution in [1.29, 1.82) is 0 Å². The van der Waals surface area contributed by atoms with E-state index in [4.69, 9.17) is 9.15 Å². The molecule has 0 spiro atoms. The van der Waals surface area contributed by atoms with E-state index in [-0.39, 0.29) is 6.10 Å². The second-order valence-corrected chi connectivity index (χ2v) is 14.4. The van der Waals surface area contributed by atoms with E-state index < -0.39 is 0 Å². The Kier molecular flexibility index (Phi) is 7.31. The Balaban J connectivity index is 0.989. The van der Waals surface area contributed by atoms with Crippen LogP contribution >= 0.6 is 0 Å². The summed E-state index contributed by atoms with van der Waals surface area (Å²) in [7, 11) is 0. The average molecular weight is 706 g/mol. The first kappa shape index (κ1) is 31.4. The van der Waals surface area contributed by atoms with Crippen LogP contribution in [0.5, 0.6) is 5.75 Å². The van der Waals surface area contributed by atoms with Crippen molar-refractivity contribution in [1.82, 2.24) is 0 Å². The number of anilines is 3. The van der Waals surface area contributed by atoms with Gasteiger partial charge in [-0.25, -0.2) is 0 Å². The fourth-order valence-corrected chi connectivity index (χ4v) is 8.53. The summed E-state index contributed by atoms with van der Waals surface area (Å²) in [6, 6.07) is 63.0. The van der Waals surface area contributed by atoms with Crippen molar-refractivity contribution in [2.45, 2.75) is 12.5 Å². The molecule has 11 rings (SSSR count). The van der Waals surface area contributed by atoms with Gasteiger partial charge in [-0.3, -0.25) is 0 Å². The molecular weight excluding hydrogens is 671 g/mol. The molecular formula is C52H35NO2. The summed E-state index contributed by atoms with van der Waals surface area (Å²) in [4.78, 5) is 2.37. The minimum absolute atomic E-state index is 0.0933. The second kappa shape index (κ2) is 12.8. The third-order valence-electron chi connectivity index (χ3n) is 11.2. The van der Waals surface area contributed by atoms with Gasteiger partial charge in [0, 0.05) is 50.8 Å². The summed E-state index contributed by atoms with van der Waals surface area (Å²) < 4.78 is 12.7. The van der Waals surface area contributed by atoms with Gasteiger partial charge in [-0.2, -0.15) is 0 Å². The molecule has 3 heteroatoms. The van der Waals surface area contributed by atoms with Gasteiger partial charge in [-0.15, -0.1) is 0 Å². The first-order valence-electron chi connectivity index (χ1n) is 18.9. The van der Waals surface area contributed by atoms with Crippen molar-refractivity contribution in [3.05, 3.63) is 200 Å². The van der Waals surface area contributed by atoms with Crippen molar-refractivity contribution in [2.75, 3.05) is 4.90 Å².